The van der Waals surface area contributed by atoms with Gasteiger partial charge in [0.15, 0.2) is 23.1 Å². The molecule has 0 unspecified atom stereocenters. The molecule has 0 atom stereocenters. The van der Waals surface area contributed by atoms with Crippen molar-refractivity contribution >= 4 is 0 Å². The van der Waals surface area contributed by atoms with Crippen LogP contribution in [0.3, 0.4) is 0 Å². The molecule has 0 aromatic heterocycles. The van der Waals surface area contributed by atoms with Crippen molar-refractivity contribution in [2.45, 2.75) is 0 Å². The lowest BCUT2D eigenvalue weighted by Gasteiger charge is -2.09. The van der Waals surface area contributed by atoms with E-state index in [4.69, 9.17) is 9.47 Å². The van der Waals surface area contributed by atoms with Crippen LogP contribution in [0.2, 0.25) is 0 Å². The summed E-state index contributed by atoms with van der Waals surface area (Å²) >= 11 is 0. The van der Waals surface area contributed by atoms with Gasteiger partial charge < -0.3 is 9.47 Å². The normalized spacial score (nSPS) is 10.3. The van der Waals surface area contributed by atoms with Crippen molar-refractivity contribution < 1.29 is 27.0 Å². The Bertz CT molecular complexity index is 535. The van der Waals surface area contributed by atoms with Crippen LogP contribution in [0.4, 0.5) is 17.6 Å². The van der Waals surface area contributed by atoms with E-state index in [9.17, 15) is 17.6 Å². The van der Waals surface area contributed by atoms with Crippen LogP contribution in [0.5, 0.6) is 11.5 Å². The molecule has 2 nitrogen and oxygen atoms in total. The van der Waals surface area contributed by atoms with Crippen molar-refractivity contribution in [3.63, 3.8) is 0 Å². The summed E-state index contributed by atoms with van der Waals surface area (Å²) in [6.45, 7) is -0.583. The molecule has 0 amide bonds. The largest absolute Gasteiger partial charge is 0.454 e. The molecule has 0 radical (unpaired) electrons. The van der Waals surface area contributed by atoms with E-state index in [-0.39, 0.29) is 11.5 Å². The lowest BCUT2D eigenvalue weighted by molar-refractivity contribution is 0.110. The Balaban J connectivity index is 2.00. The minimum absolute atomic E-state index is 0.378. The smallest absolute Gasteiger partial charge is 0.231 e. The molecular weight excluding hydrogens is 264 g/mol. The lowest BCUT2D eigenvalue weighted by Crippen LogP contribution is -2.08. The third kappa shape index (κ3) is 3.37. The van der Waals surface area contributed by atoms with E-state index in [1.165, 1.54) is 0 Å². The molecule has 2 aromatic rings. The molecule has 0 saturated carbocycles. The highest BCUT2D eigenvalue weighted by Crippen LogP contribution is 2.20. The predicted molar refractivity (Wildman–Crippen MR) is 58.8 cm³/mol. The molecule has 0 aliphatic carbocycles. The monoisotopic (exact) mass is 272 g/mol. The molecule has 0 aliphatic heterocycles. The Hall–Kier alpha value is -2.24. The number of benzene rings is 2. The topological polar surface area (TPSA) is 18.5 Å². The van der Waals surface area contributed by atoms with Crippen molar-refractivity contribution in [3.8, 4) is 11.5 Å². The zero-order chi connectivity index (χ0) is 13.8. The minimum atomic E-state index is -0.787. The highest BCUT2D eigenvalue weighted by atomic mass is 19.1. The predicted octanol–water partition coefficient (Wildman–Crippen LogP) is 3.66. The Morgan fingerprint density at radius 3 is 1.53 bits per heavy atom. The highest BCUT2D eigenvalue weighted by molar-refractivity contribution is 5.26. The van der Waals surface area contributed by atoms with Crippen molar-refractivity contribution in [2.75, 3.05) is 6.79 Å². The van der Waals surface area contributed by atoms with Gasteiger partial charge in [0.25, 0.3) is 0 Å². The summed E-state index contributed by atoms with van der Waals surface area (Å²) in [6.07, 6.45) is 0. The summed E-state index contributed by atoms with van der Waals surface area (Å²) in [5, 5.41) is 0. The Morgan fingerprint density at radius 2 is 1.11 bits per heavy atom. The van der Waals surface area contributed by atoms with E-state index in [1.54, 1.807) is 0 Å². The van der Waals surface area contributed by atoms with Crippen LogP contribution < -0.4 is 9.47 Å². The summed E-state index contributed by atoms with van der Waals surface area (Å²) in [5.41, 5.74) is 0. The first-order chi connectivity index (χ1) is 9.06. The van der Waals surface area contributed by atoms with Gasteiger partial charge in [0.2, 0.25) is 6.79 Å². The number of halogens is 4. The van der Waals surface area contributed by atoms with E-state index >= 15 is 0 Å². The van der Waals surface area contributed by atoms with Crippen LogP contribution in [0, 0.1) is 23.3 Å². The molecule has 2 rings (SSSR count). The van der Waals surface area contributed by atoms with Gasteiger partial charge in [-0.3, -0.25) is 0 Å². The minimum Gasteiger partial charge on any atom is -0.454 e. The van der Waals surface area contributed by atoms with Crippen molar-refractivity contribution in [3.05, 3.63) is 59.7 Å². The van der Waals surface area contributed by atoms with E-state index < -0.39 is 30.1 Å². The third-order valence-electron chi connectivity index (χ3n) is 2.22. The van der Waals surface area contributed by atoms with Gasteiger partial charge in [0, 0.05) is 12.1 Å². The molecular formula is C13H8F4O2. The SMILES string of the molecule is Fc1ccc(F)c(OCOc2cc(F)ccc2F)c1. The van der Waals surface area contributed by atoms with Crippen LogP contribution in [0.25, 0.3) is 0 Å². The average Bonchev–Trinajstić information content (AvgIpc) is 2.38. The van der Waals surface area contributed by atoms with Gasteiger partial charge in [-0.05, 0) is 24.3 Å². The molecule has 6 heteroatoms. The second kappa shape index (κ2) is 5.60. The maximum absolute atomic E-state index is 13.2. The first-order valence-corrected chi connectivity index (χ1v) is 5.22. The summed E-state index contributed by atoms with van der Waals surface area (Å²) in [7, 11) is 0. The van der Waals surface area contributed by atoms with E-state index in [0.29, 0.717) is 0 Å². The highest BCUT2D eigenvalue weighted by Gasteiger charge is 2.07. The van der Waals surface area contributed by atoms with Gasteiger partial charge in [-0.15, -0.1) is 0 Å². The summed E-state index contributed by atoms with van der Waals surface area (Å²) in [6, 6.07) is 5.26. The maximum Gasteiger partial charge on any atom is 0.231 e. The Labute approximate surface area is 106 Å². The van der Waals surface area contributed by atoms with Gasteiger partial charge in [-0.1, -0.05) is 0 Å². The molecule has 0 spiro atoms. The molecule has 0 N–H and O–H groups in total. The van der Waals surface area contributed by atoms with E-state index in [0.717, 1.165) is 36.4 Å². The maximum atomic E-state index is 13.2. The Kier molecular flexibility index (Phi) is 3.89. The van der Waals surface area contributed by atoms with Gasteiger partial charge in [-0.2, -0.15) is 0 Å². The number of rotatable bonds is 4. The first-order valence-electron chi connectivity index (χ1n) is 5.22. The van der Waals surface area contributed by atoms with Crippen molar-refractivity contribution in [1.82, 2.24) is 0 Å². The van der Waals surface area contributed by atoms with Gasteiger partial charge in [-0.25, -0.2) is 17.6 Å². The molecule has 0 saturated heterocycles. The van der Waals surface area contributed by atoms with Crippen LogP contribution in [-0.2, 0) is 0 Å². The summed E-state index contributed by atoms with van der Waals surface area (Å²) < 4.78 is 61.5. The van der Waals surface area contributed by atoms with Crippen LogP contribution in [-0.4, -0.2) is 6.79 Å². The molecule has 19 heavy (non-hydrogen) atoms. The average molecular weight is 272 g/mol. The molecule has 0 fully saturated rings. The molecule has 0 aliphatic rings. The number of ether oxygens (including phenoxy) is 2. The second-order valence-electron chi connectivity index (χ2n) is 3.56. The standard InChI is InChI=1S/C13H8F4O2/c14-8-1-3-10(16)12(5-8)18-7-19-13-6-9(15)2-4-11(13)17/h1-6H,7H2. The molecule has 0 bridgehead atoms. The fraction of sp³-hybridized carbons (Fsp3) is 0.0769. The van der Waals surface area contributed by atoms with Crippen molar-refractivity contribution in [2.24, 2.45) is 0 Å². The van der Waals surface area contributed by atoms with Crippen molar-refractivity contribution in [1.29, 1.82) is 0 Å². The fourth-order valence-corrected chi connectivity index (χ4v) is 1.33. The second-order valence-corrected chi connectivity index (χ2v) is 3.56. The van der Waals surface area contributed by atoms with Crippen LogP contribution >= 0.6 is 0 Å². The number of hydrogen-bond acceptors (Lipinski definition) is 2. The molecule has 100 valence electrons. The number of hydrogen-bond donors (Lipinski definition) is 0. The quantitative estimate of drug-likeness (QED) is 0.624. The molecule has 2 aromatic carbocycles. The van der Waals surface area contributed by atoms with Gasteiger partial charge >= 0.3 is 0 Å². The van der Waals surface area contributed by atoms with Gasteiger partial charge in [0.1, 0.15) is 11.6 Å². The van der Waals surface area contributed by atoms with Crippen LogP contribution in [0.15, 0.2) is 36.4 Å². The Morgan fingerprint density at radius 1 is 0.684 bits per heavy atom. The van der Waals surface area contributed by atoms with E-state index in [2.05, 4.69) is 0 Å². The third-order valence-corrected chi connectivity index (χ3v) is 2.22. The zero-order valence-electron chi connectivity index (χ0n) is 9.50. The lowest BCUT2D eigenvalue weighted by atomic mass is 10.3. The summed E-state index contributed by atoms with van der Waals surface area (Å²) in [5.74, 6) is -3.70. The molecule has 0 heterocycles. The fourth-order valence-electron chi connectivity index (χ4n) is 1.33. The van der Waals surface area contributed by atoms with Gasteiger partial charge in [0.05, 0.1) is 0 Å². The zero-order valence-corrected chi connectivity index (χ0v) is 9.50. The first kappa shape index (κ1) is 13.2. The van der Waals surface area contributed by atoms with E-state index in [1.807, 2.05) is 0 Å². The van der Waals surface area contributed by atoms with Crippen LogP contribution in [0.1, 0.15) is 0 Å². The summed E-state index contributed by atoms with van der Waals surface area (Å²) in [4.78, 5) is 0.